The lowest BCUT2D eigenvalue weighted by molar-refractivity contribution is 0.262. The molecule has 0 atom stereocenters. The average molecular weight is 379 g/mol. The van der Waals surface area contributed by atoms with E-state index in [9.17, 15) is 4.79 Å². The summed E-state index contributed by atoms with van der Waals surface area (Å²) in [6.45, 7) is 3.72. The molecule has 0 aliphatic carbocycles. The number of methoxy groups -OCH3 is 1. The monoisotopic (exact) mass is 378 g/mol. The molecule has 2 amide bonds. The first kappa shape index (κ1) is 18.5. The maximum absolute atomic E-state index is 12.5. The number of nitrogens with one attached hydrogen (secondary N) is 2. The average Bonchev–Trinajstić information content (AvgIpc) is 2.68. The first-order chi connectivity index (χ1) is 13.1. The minimum Gasteiger partial charge on any atom is -0.495 e. The molecule has 3 aromatic carbocycles. The highest BCUT2D eigenvalue weighted by atomic mass is 35.5. The molecule has 0 unspecified atom stereocenters. The molecule has 0 saturated carbocycles. The van der Waals surface area contributed by atoms with Crippen LogP contribution in [0.5, 0.6) is 5.75 Å². The van der Waals surface area contributed by atoms with Gasteiger partial charge in [-0.05, 0) is 47.0 Å². The normalized spacial score (nSPS) is 10.1. The fraction of sp³-hybridized carbons (Fsp3) is 0.0455. The molecule has 0 radical (unpaired) electrons. The predicted molar refractivity (Wildman–Crippen MR) is 113 cm³/mol. The van der Waals surface area contributed by atoms with Crippen LogP contribution in [0.3, 0.4) is 0 Å². The summed E-state index contributed by atoms with van der Waals surface area (Å²) in [4.78, 5) is 12.5. The van der Waals surface area contributed by atoms with Gasteiger partial charge in [0.25, 0.3) is 0 Å². The Balaban J connectivity index is 1.82. The molecule has 3 rings (SSSR count). The number of rotatable bonds is 5. The van der Waals surface area contributed by atoms with Gasteiger partial charge >= 0.3 is 6.03 Å². The third-order valence-corrected chi connectivity index (χ3v) is 4.19. The first-order valence-corrected chi connectivity index (χ1v) is 8.71. The van der Waals surface area contributed by atoms with Crippen molar-refractivity contribution in [1.82, 2.24) is 0 Å². The van der Waals surface area contributed by atoms with Crippen LogP contribution in [0.1, 0.15) is 5.56 Å². The number of anilines is 2. The fourth-order valence-corrected chi connectivity index (χ4v) is 2.95. The Morgan fingerprint density at radius 3 is 2.48 bits per heavy atom. The molecule has 0 saturated heterocycles. The van der Waals surface area contributed by atoms with Crippen molar-refractivity contribution in [1.29, 1.82) is 0 Å². The van der Waals surface area contributed by atoms with Crippen LogP contribution in [0.4, 0.5) is 16.2 Å². The number of benzene rings is 3. The molecule has 0 heterocycles. The van der Waals surface area contributed by atoms with Crippen LogP contribution in [-0.2, 0) is 0 Å². The summed E-state index contributed by atoms with van der Waals surface area (Å²) < 4.78 is 5.37. The first-order valence-electron chi connectivity index (χ1n) is 8.33. The van der Waals surface area contributed by atoms with E-state index >= 15 is 0 Å². The van der Waals surface area contributed by atoms with Gasteiger partial charge in [-0.2, -0.15) is 0 Å². The summed E-state index contributed by atoms with van der Waals surface area (Å²) in [5, 5.41) is 6.13. The van der Waals surface area contributed by atoms with Gasteiger partial charge in [-0.3, -0.25) is 0 Å². The standard InChI is InChI=1S/C22H19ClN2O2/c1-3-15-11-18(23)14-19(12-15)24-22(26)25-20-13-17(9-10-21(20)27-2)16-7-5-4-6-8-16/h3-14H,1H2,2H3,(H2,24,25,26). The number of urea groups is 1. The van der Waals surface area contributed by atoms with Crippen LogP contribution in [0.15, 0.2) is 73.3 Å². The highest BCUT2D eigenvalue weighted by Gasteiger charge is 2.10. The van der Waals surface area contributed by atoms with Gasteiger partial charge in [0, 0.05) is 10.7 Å². The van der Waals surface area contributed by atoms with Gasteiger partial charge in [0.1, 0.15) is 5.75 Å². The fourth-order valence-electron chi connectivity index (χ4n) is 2.70. The highest BCUT2D eigenvalue weighted by Crippen LogP contribution is 2.31. The van der Waals surface area contributed by atoms with Crippen molar-refractivity contribution >= 4 is 35.1 Å². The van der Waals surface area contributed by atoms with Gasteiger partial charge in [0.05, 0.1) is 12.8 Å². The van der Waals surface area contributed by atoms with Gasteiger partial charge in [-0.1, -0.05) is 60.7 Å². The van der Waals surface area contributed by atoms with E-state index in [0.717, 1.165) is 16.7 Å². The maximum Gasteiger partial charge on any atom is 0.323 e. The third-order valence-electron chi connectivity index (χ3n) is 3.97. The number of hydrogen-bond donors (Lipinski definition) is 2. The van der Waals surface area contributed by atoms with Crippen LogP contribution in [0, 0.1) is 0 Å². The summed E-state index contributed by atoms with van der Waals surface area (Å²) >= 11 is 6.07. The van der Waals surface area contributed by atoms with Gasteiger partial charge in [0.15, 0.2) is 0 Å². The Morgan fingerprint density at radius 1 is 1.00 bits per heavy atom. The molecule has 0 aromatic heterocycles. The lowest BCUT2D eigenvalue weighted by atomic mass is 10.0. The van der Waals surface area contributed by atoms with E-state index in [1.54, 1.807) is 31.4 Å². The summed E-state index contributed by atoms with van der Waals surface area (Å²) in [6.07, 6.45) is 1.67. The minimum atomic E-state index is -0.393. The molecule has 27 heavy (non-hydrogen) atoms. The summed E-state index contributed by atoms with van der Waals surface area (Å²) in [6, 6.07) is 20.4. The van der Waals surface area contributed by atoms with Crippen LogP contribution in [0.25, 0.3) is 17.2 Å². The highest BCUT2D eigenvalue weighted by molar-refractivity contribution is 6.31. The van der Waals surface area contributed by atoms with Crippen molar-refractivity contribution in [3.8, 4) is 16.9 Å². The molecule has 3 aromatic rings. The number of carbonyl (C=O) groups excluding carboxylic acids is 1. The Labute approximate surface area is 163 Å². The lowest BCUT2D eigenvalue weighted by Gasteiger charge is -2.13. The van der Waals surface area contributed by atoms with Crippen molar-refractivity contribution < 1.29 is 9.53 Å². The minimum absolute atomic E-state index is 0.393. The van der Waals surface area contributed by atoms with Crippen LogP contribution in [-0.4, -0.2) is 13.1 Å². The van der Waals surface area contributed by atoms with E-state index in [-0.39, 0.29) is 0 Å². The molecule has 0 bridgehead atoms. The van der Waals surface area contributed by atoms with Crippen molar-refractivity contribution in [3.05, 3.63) is 83.9 Å². The van der Waals surface area contributed by atoms with E-state index in [1.807, 2.05) is 48.5 Å². The van der Waals surface area contributed by atoms with Crippen LogP contribution < -0.4 is 15.4 Å². The zero-order chi connectivity index (χ0) is 19.2. The van der Waals surface area contributed by atoms with Gasteiger partial charge in [-0.15, -0.1) is 0 Å². The van der Waals surface area contributed by atoms with Crippen molar-refractivity contribution in [2.24, 2.45) is 0 Å². The third kappa shape index (κ3) is 4.68. The van der Waals surface area contributed by atoms with E-state index in [1.165, 1.54) is 0 Å². The molecule has 4 nitrogen and oxygen atoms in total. The number of hydrogen-bond acceptors (Lipinski definition) is 2. The molecule has 2 N–H and O–H groups in total. The Bertz CT molecular complexity index is 971. The van der Waals surface area contributed by atoms with Gasteiger partial charge < -0.3 is 15.4 Å². The number of ether oxygens (including phenoxy) is 1. The topological polar surface area (TPSA) is 50.4 Å². The zero-order valence-electron chi connectivity index (χ0n) is 14.8. The molecular weight excluding hydrogens is 360 g/mol. The zero-order valence-corrected chi connectivity index (χ0v) is 15.6. The van der Waals surface area contributed by atoms with E-state index in [4.69, 9.17) is 16.3 Å². The molecular formula is C22H19ClN2O2. The second kappa shape index (κ2) is 8.43. The van der Waals surface area contributed by atoms with Crippen molar-refractivity contribution in [3.63, 3.8) is 0 Å². The molecule has 0 spiro atoms. The smallest absolute Gasteiger partial charge is 0.323 e. The Kier molecular flexibility index (Phi) is 5.79. The maximum atomic E-state index is 12.5. The number of halogens is 1. The van der Waals surface area contributed by atoms with E-state index in [0.29, 0.717) is 22.1 Å². The predicted octanol–water partition coefficient (Wildman–Crippen LogP) is 6.30. The van der Waals surface area contributed by atoms with E-state index < -0.39 is 6.03 Å². The molecule has 136 valence electrons. The molecule has 0 aliphatic rings. The largest absolute Gasteiger partial charge is 0.495 e. The van der Waals surface area contributed by atoms with Crippen LogP contribution in [0.2, 0.25) is 5.02 Å². The second-order valence-electron chi connectivity index (χ2n) is 5.84. The van der Waals surface area contributed by atoms with Crippen LogP contribution >= 0.6 is 11.6 Å². The van der Waals surface area contributed by atoms with Gasteiger partial charge in [0.2, 0.25) is 0 Å². The summed E-state index contributed by atoms with van der Waals surface area (Å²) in [5.74, 6) is 0.572. The number of amides is 2. The summed E-state index contributed by atoms with van der Waals surface area (Å²) in [5.41, 5.74) is 3.99. The lowest BCUT2D eigenvalue weighted by Crippen LogP contribution is -2.20. The second-order valence-corrected chi connectivity index (χ2v) is 6.27. The molecule has 5 heteroatoms. The quantitative estimate of drug-likeness (QED) is 0.547. The summed E-state index contributed by atoms with van der Waals surface area (Å²) in [7, 11) is 1.56. The Morgan fingerprint density at radius 2 is 1.78 bits per heavy atom. The molecule has 0 aliphatic heterocycles. The van der Waals surface area contributed by atoms with Crippen molar-refractivity contribution in [2.75, 3.05) is 17.7 Å². The number of carbonyl (C=O) groups is 1. The van der Waals surface area contributed by atoms with E-state index in [2.05, 4.69) is 17.2 Å². The SMILES string of the molecule is C=Cc1cc(Cl)cc(NC(=O)Nc2cc(-c3ccccc3)ccc2OC)c1. The van der Waals surface area contributed by atoms with Gasteiger partial charge in [-0.25, -0.2) is 4.79 Å². The van der Waals surface area contributed by atoms with Crippen molar-refractivity contribution in [2.45, 2.75) is 0 Å². The molecule has 0 fully saturated rings. The Hall–Kier alpha value is -3.24.